The van der Waals surface area contributed by atoms with Crippen molar-refractivity contribution in [1.29, 1.82) is 0 Å². The largest absolute Gasteiger partial charge is 0.490 e. The Balaban J connectivity index is 1.01. The van der Waals surface area contributed by atoms with Gasteiger partial charge in [-0.1, -0.05) is 48.5 Å². The lowest BCUT2D eigenvalue weighted by atomic mass is 9.87. The van der Waals surface area contributed by atoms with Crippen LogP contribution in [0.1, 0.15) is 35.4 Å². The molecule has 3 aliphatic heterocycles. The fourth-order valence-corrected chi connectivity index (χ4v) is 6.10. The topological polar surface area (TPSA) is 55.4 Å². The van der Waals surface area contributed by atoms with Gasteiger partial charge < -0.3 is 34.1 Å². The van der Waals surface area contributed by atoms with Crippen molar-refractivity contribution in [2.24, 2.45) is 0 Å². The number of nitrogens with one attached hydrogen (secondary N) is 1. The van der Waals surface area contributed by atoms with Crippen molar-refractivity contribution in [1.82, 2.24) is 5.32 Å². The first kappa shape index (κ1) is 28.0. The van der Waals surface area contributed by atoms with E-state index in [1.165, 1.54) is 28.1 Å². The van der Waals surface area contributed by atoms with Gasteiger partial charge in [0, 0.05) is 51.5 Å². The van der Waals surface area contributed by atoms with Gasteiger partial charge in [-0.2, -0.15) is 0 Å². The molecule has 0 spiro atoms. The van der Waals surface area contributed by atoms with Crippen LogP contribution in [0.5, 0.6) is 5.75 Å². The molecule has 1 N–H and O–H groups in total. The van der Waals surface area contributed by atoms with E-state index in [0.717, 1.165) is 71.1 Å². The fraction of sp³-hybridized carbons (Fsp3) is 0.471. The van der Waals surface area contributed by atoms with Crippen LogP contribution in [0.3, 0.4) is 0 Å². The van der Waals surface area contributed by atoms with E-state index in [1.807, 2.05) is 0 Å². The number of benzene rings is 3. The summed E-state index contributed by atoms with van der Waals surface area (Å²) in [5, 5.41) is 3.54. The molecule has 3 aliphatic rings. The monoisotopic (exact) mass is 557 g/mol. The van der Waals surface area contributed by atoms with Gasteiger partial charge in [0.15, 0.2) is 0 Å². The van der Waals surface area contributed by atoms with Gasteiger partial charge in [-0.05, 0) is 60.3 Å². The summed E-state index contributed by atoms with van der Waals surface area (Å²) in [5.41, 5.74) is 6.20. The number of nitrogens with zero attached hydrogens (tertiary/aromatic N) is 2. The van der Waals surface area contributed by atoms with Crippen LogP contribution in [0, 0.1) is 0 Å². The van der Waals surface area contributed by atoms with Crippen LogP contribution in [0.4, 0.5) is 11.4 Å². The molecule has 0 radical (unpaired) electrons. The molecular formula is C34H43N3O4. The van der Waals surface area contributed by atoms with Crippen LogP contribution in [0.25, 0.3) is 0 Å². The zero-order valence-electron chi connectivity index (χ0n) is 24.2. The lowest BCUT2D eigenvalue weighted by molar-refractivity contribution is 0.0105. The number of piperidine rings is 1. The Labute approximate surface area is 244 Å². The van der Waals surface area contributed by atoms with E-state index in [-0.39, 0.29) is 6.10 Å². The summed E-state index contributed by atoms with van der Waals surface area (Å²) in [4.78, 5) is 4.77. The number of fused-ring (bicyclic) bond motifs is 1. The minimum Gasteiger partial charge on any atom is -0.490 e. The predicted octanol–water partition coefficient (Wildman–Crippen LogP) is 4.99. The molecule has 2 fully saturated rings. The molecule has 3 aromatic rings. The zero-order chi connectivity index (χ0) is 27.9. The van der Waals surface area contributed by atoms with Crippen molar-refractivity contribution in [2.45, 2.75) is 44.2 Å². The van der Waals surface area contributed by atoms with E-state index in [1.54, 1.807) is 7.11 Å². The molecule has 0 amide bonds. The number of hydrogen-bond donors (Lipinski definition) is 1. The Kier molecular flexibility index (Phi) is 9.38. The van der Waals surface area contributed by atoms with Gasteiger partial charge in [0.05, 0.1) is 37.7 Å². The average molecular weight is 558 g/mol. The number of anilines is 2. The maximum absolute atomic E-state index is 6.57. The third kappa shape index (κ3) is 7.04. The van der Waals surface area contributed by atoms with Crippen LogP contribution < -0.4 is 19.9 Å². The lowest BCUT2D eigenvalue weighted by Crippen LogP contribution is -2.52. The van der Waals surface area contributed by atoms with Crippen molar-refractivity contribution >= 4 is 11.4 Å². The van der Waals surface area contributed by atoms with E-state index in [9.17, 15) is 0 Å². The molecular weight excluding hydrogens is 514 g/mol. The molecule has 0 aliphatic carbocycles. The van der Waals surface area contributed by atoms with Crippen LogP contribution in [-0.2, 0) is 27.4 Å². The summed E-state index contributed by atoms with van der Waals surface area (Å²) >= 11 is 0. The minimum absolute atomic E-state index is 0.134. The number of hydrogen-bond acceptors (Lipinski definition) is 7. The van der Waals surface area contributed by atoms with Gasteiger partial charge in [-0.15, -0.1) is 0 Å². The number of para-hydroxylation sites is 1. The van der Waals surface area contributed by atoms with E-state index in [2.05, 4.69) is 87.9 Å². The molecule has 3 heterocycles. The van der Waals surface area contributed by atoms with Gasteiger partial charge in [0.25, 0.3) is 0 Å². The first-order chi connectivity index (χ1) is 20.3. The molecule has 0 bridgehead atoms. The summed E-state index contributed by atoms with van der Waals surface area (Å²) in [6.07, 6.45) is 2.51. The molecule has 218 valence electrons. The molecule has 0 saturated carbocycles. The molecule has 7 heteroatoms. The third-order valence-corrected chi connectivity index (χ3v) is 8.51. The number of methoxy groups -OCH3 is 1. The van der Waals surface area contributed by atoms with Gasteiger partial charge in [0.1, 0.15) is 12.4 Å². The van der Waals surface area contributed by atoms with E-state index in [0.29, 0.717) is 25.2 Å². The summed E-state index contributed by atoms with van der Waals surface area (Å²) in [5.74, 6) is 1.34. The van der Waals surface area contributed by atoms with Crippen LogP contribution >= 0.6 is 0 Å². The normalized spacial score (nSPS) is 20.8. The van der Waals surface area contributed by atoms with Crippen molar-refractivity contribution < 1.29 is 18.9 Å². The molecule has 2 unspecified atom stereocenters. The molecule has 2 saturated heterocycles. The van der Waals surface area contributed by atoms with Crippen molar-refractivity contribution in [3.8, 4) is 5.75 Å². The first-order valence-electron chi connectivity index (χ1n) is 15.1. The van der Waals surface area contributed by atoms with E-state index in [4.69, 9.17) is 18.9 Å². The van der Waals surface area contributed by atoms with Gasteiger partial charge in [0.2, 0.25) is 0 Å². The second-order valence-electron chi connectivity index (χ2n) is 11.3. The maximum atomic E-state index is 6.57. The molecule has 3 aromatic carbocycles. The van der Waals surface area contributed by atoms with Crippen molar-refractivity contribution in [2.75, 3.05) is 69.4 Å². The predicted molar refractivity (Wildman–Crippen MR) is 163 cm³/mol. The summed E-state index contributed by atoms with van der Waals surface area (Å²) in [6.45, 7) is 8.42. The molecule has 41 heavy (non-hydrogen) atoms. The minimum atomic E-state index is 0.134. The van der Waals surface area contributed by atoms with E-state index >= 15 is 0 Å². The number of rotatable bonds is 12. The van der Waals surface area contributed by atoms with Crippen LogP contribution in [-0.4, -0.2) is 71.8 Å². The summed E-state index contributed by atoms with van der Waals surface area (Å²) in [7, 11) is 1.76. The Morgan fingerprint density at radius 3 is 2.56 bits per heavy atom. The standard InChI is InChI=1S/C34H43N3O4/c1-38-18-5-16-36-17-19-39-33-13-10-27(20-32(33)36)25-41-34-21-35-15-14-31(34)28-11-8-26(9-12-28)24-40-30-22-37(23-30)29-6-3-2-4-7-29/h2-4,6-13,20,30-31,34-35H,5,14-19,21-25H2,1H3. The van der Waals surface area contributed by atoms with Crippen LogP contribution in [0.15, 0.2) is 72.8 Å². The highest BCUT2D eigenvalue weighted by Crippen LogP contribution is 2.34. The number of ether oxygens (including phenoxy) is 4. The third-order valence-electron chi connectivity index (χ3n) is 8.51. The molecule has 6 rings (SSSR count). The quantitative estimate of drug-likeness (QED) is 0.315. The molecule has 2 atom stereocenters. The van der Waals surface area contributed by atoms with Gasteiger partial charge >= 0.3 is 0 Å². The lowest BCUT2D eigenvalue weighted by Gasteiger charge is -2.40. The summed E-state index contributed by atoms with van der Waals surface area (Å²) in [6, 6.07) is 26.0. The Morgan fingerprint density at radius 2 is 1.73 bits per heavy atom. The van der Waals surface area contributed by atoms with Crippen LogP contribution in [0.2, 0.25) is 0 Å². The van der Waals surface area contributed by atoms with Gasteiger partial charge in [-0.3, -0.25) is 0 Å². The SMILES string of the molecule is COCCCN1CCOc2ccc(COC3CNCCC3c3ccc(COC4CN(c5ccccc5)C4)cc3)cc21. The molecule has 0 aromatic heterocycles. The Morgan fingerprint density at radius 1 is 0.927 bits per heavy atom. The van der Waals surface area contributed by atoms with Gasteiger partial charge in [-0.25, -0.2) is 0 Å². The summed E-state index contributed by atoms with van der Waals surface area (Å²) < 4.78 is 23.9. The second kappa shape index (κ2) is 13.7. The highest BCUT2D eigenvalue weighted by Gasteiger charge is 2.29. The highest BCUT2D eigenvalue weighted by atomic mass is 16.5. The average Bonchev–Trinajstić information content (AvgIpc) is 3.00. The zero-order valence-corrected chi connectivity index (χ0v) is 24.2. The maximum Gasteiger partial charge on any atom is 0.142 e. The second-order valence-corrected chi connectivity index (χ2v) is 11.3. The first-order valence-corrected chi connectivity index (χ1v) is 15.1. The highest BCUT2D eigenvalue weighted by molar-refractivity contribution is 5.61. The molecule has 7 nitrogen and oxygen atoms in total. The smallest absolute Gasteiger partial charge is 0.142 e. The van der Waals surface area contributed by atoms with Crippen molar-refractivity contribution in [3.05, 3.63) is 89.5 Å². The fourth-order valence-electron chi connectivity index (χ4n) is 6.10. The van der Waals surface area contributed by atoms with E-state index < -0.39 is 0 Å². The Bertz CT molecular complexity index is 1230. The van der Waals surface area contributed by atoms with Crippen molar-refractivity contribution in [3.63, 3.8) is 0 Å². The Hall–Kier alpha value is -3.10.